The predicted octanol–water partition coefficient (Wildman–Crippen LogP) is 3.02. The number of carbonyl (C=O) groups is 1. The number of esters is 1. The Kier molecular flexibility index (Phi) is 2.76. The quantitative estimate of drug-likeness (QED) is 0.713. The van der Waals surface area contributed by atoms with Gasteiger partial charge in [0.2, 0.25) is 0 Å². The van der Waals surface area contributed by atoms with E-state index in [1.54, 1.807) is 18.5 Å². The van der Waals surface area contributed by atoms with Gasteiger partial charge in [-0.3, -0.25) is 4.98 Å². The Morgan fingerprint density at radius 1 is 1.21 bits per heavy atom. The van der Waals surface area contributed by atoms with E-state index >= 15 is 0 Å². The van der Waals surface area contributed by atoms with E-state index in [0.29, 0.717) is 5.56 Å². The van der Waals surface area contributed by atoms with Crippen LogP contribution in [0.5, 0.6) is 0 Å². The van der Waals surface area contributed by atoms with Crippen LogP contribution in [0.15, 0.2) is 48.9 Å². The molecule has 2 heterocycles. The third kappa shape index (κ3) is 1.97. The number of carbonyl (C=O) groups excluding carboxylic acids is 1. The summed E-state index contributed by atoms with van der Waals surface area (Å²) >= 11 is 0. The van der Waals surface area contributed by atoms with Crippen molar-refractivity contribution in [1.82, 2.24) is 9.97 Å². The minimum absolute atomic E-state index is 0.330. The highest BCUT2D eigenvalue weighted by Gasteiger charge is 2.10. The van der Waals surface area contributed by atoms with Crippen molar-refractivity contribution in [3.8, 4) is 11.1 Å². The lowest BCUT2D eigenvalue weighted by Crippen LogP contribution is -2.00. The number of aromatic nitrogens is 2. The summed E-state index contributed by atoms with van der Waals surface area (Å²) in [6.45, 7) is 0. The topological polar surface area (TPSA) is 55.0 Å². The van der Waals surface area contributed by atoms with Crippen LogP contribution < -0.4 is 0 Å². The number of ether oxygens (including phenoxy) is 1. The highest BCUT2D eigenvalue weighted by molar-refractivity contribution is 6.00. The SMILES string of the molecule is COC(=O)c1ccc2[nH]cc(-c3ccncc3)c2c1. The zero-order valence-corrected chi connectivity index (χ0v) is 10.4. The second kappa shape index (κ2) is 4.57. The van der Waals surface area contributed by atoms with Crippen molar-refractivity contribution in [2.75, 3.05) is 7.11 Å². The lowest BCUT2D eigenvalue weighted by molar-refractivity contribution is 0.0601. The molecule has 0 radical (unpaired) electrons. The van der Waals surface area contributed by atoms with E-state index in [-0.39, 0.29) is 5.97 Å². The van der Waals surface area contributed by atoms with Gasteiger partial charge in [-0.1, -0.05) is 0 Å². The third-order valence-electron chi connectivity index (χ3n) is 3.09. The number of nitrogens with one attached hydrogen (secondary N) is 1. The molecule has 4 nitrogen and oxygen atoms in total. The summed E-state index contributed by atoms with van der Waals surface area (Å²) in [4.78, 5) is 18.8. The lowest BCUT2D eigenvalue weighted by Gasteiger charge is -2.02. The number of nitrogens with zero attached hydrogens (tertiary/aromatic N) is 1. The molecule has 0 atom stereocenters. The Bertz CT molecular complexity index is 732. The van der Waals surface area contributed by atoms with Crippen molar-refractivity contribution in [3.05, 3.63) is 54.5 Å². The van der Waals surface area contributed by atoms with Gasteiger partial charge in [0.15, 0.2) is 0 Å². The molecule has 94 valence electrons. The smallest absolute Gasteiger partial charge is 0.337 e. The summed E-state index contributed by atoms with van der Waals surface area (Å²) in [6.07, 6.45) is 5.43. The largest absolute Gasteiger partial charge is 0.465 e. The Labute approximate surface area is 110 Å². The maximum Gasteiger partial charge on any atom is 0.337 e. The van der Waals surface area contributed by atoms with E-state index in [9.17, 15) is 4.79 Å². The van der Waals surface area contributed by atoms with Crippen molar-refractivity contribution in [1.29, 1.82) is 0 Å². The molecule has 1 aromatic carbocycles. The van der Waals surface area contributed by atoms with Crippen LogP contribution in [0.3, 0.4) is 0 Å². The predicted molar refractivity (Wildman–Crippen MR) is 72.9 cm³/mol. The molecule has 0 aliphatic rings. The normalized spacial score (nSPS) is 10.6. The van der Waals surface area contributed by atoms with E-state index in [2.05, 4.69) is 9.97 Å². The van der Waals surface area contributed by atoms with Gasteiger partial charge in [-0.2, -0.15) is 0 Å². The highest BCUT2D eigenvalue weighted by Crippen LogP contribution is 2.28. The molecule has 19 heavy (non-hydrogen) atoms. The van der Waals surface area contributed by atoms with Crippen LogP contribution in [0.25, 0.3) is 22.0 Å². The number of hydrogen-bond acceptors (Lipinski definition) is 3. The molecule has 3 aromatic rings. The van der Waals surface area contributed by atoms with Crippen LogP contribution in [-0.2, 0) is 4.74 Å². The van der Waals surface area contributed by atoms with Crippen molar-refractivity contribution in [3.63, 3.8) is 0 Å². The Morgan fingerprint density at radius 2 is 2.00 bits per heavy atom. The summed E-state index contributed by atoms with van der Waals surface area (Å²) in [5.74, 6) is -0.330. The van der Waals surface area contributed by atoms with E-state index in [0.717, 1.165) is 22.0 Å². The van der Waals surface area contributed by atoms with Crippen molar-refractivity contribution < 1.29 is 9.53 Å². The second-order valence-electron chi connectivity index (χ2n) is 4.19. The van der Waals surface area contributed by atoms with E-state index < -0.39 is 0 Å². The zero-order chi connectivity index (χ0) is 13.2. The van der Waals surface area contributed by atoms with Gasteiger partial charge in [0.05, 0.1) is 12.7 Å². The Hall–Kier alpha value is -2.62. The average molecular weight is 252 g/mol. The molecule has 0 spiro atoms. The monoisotopic (exact) mass is 252 g/mol. The summed E-state index contributed by atoms with van der Waals surface area (Å²) in [6, 6.07) is 9.35. The van der Waals surface area contributed by atoms with Gasteiger partial charge in [0.1, 0.15) is 0 Å². The number of rotatable bonds is 2. The standard InChI is InChI=1S/C15H12N2O2/c1-19-15(18)11-2-3-14-12(8-11)13(9-17-14)10-4-6-16-7-5-10/h2-9,17H,1H3. The van der Waals surface area contributed by atoms with Gasteiger partial charge >= 0.3 is 5.97 Å². The number of hydrogen-bond donors (Lipinski definition) is 1. The molecule has 0 unspecified atom stereocenters. The minimum Gasteiger partial charge on any atom is -0.465 e. The van der Waals surface area contributed by atoms with Gasteiger partial charge in [0, 0.05) is 35.1 Å². The maximum absolute atomic E-state index is 11.6. The van der Waals surface area contributed by atoms with E-state index in [1.807, 2.05) is 30.5 Å². The molecule has 0 amide bonds. The molecule has 2 aromatic heterocycles. The molecular formula is C15H12N2O2. The van der Waals surface area contributed by atoms with Gasteiger partial charge in [-0.25, -0.2) is 4.79 Å². The van der Waals surface area contributed by atoms with Crippen LogP contribution in [0.4, 0.5) is 0 Å². The average Bonchev–Trinajstić information content (AvgIpc) is 2.90. The fraction of sp³-hybridized carbons (Fsp3) is 0.0667. The number of methoxy groups -OCH3 is 1. The van der Waals surface area contributed by atoms with Crippen molar-refractivity contribution in [2.24, 2.45) is 0 Å². The Balaban J connectivity index is 2.19. The number of benzene rings is 1. The molecule has 4 heteroatoms. The molecule has 0 fully saturated rings. The fourth-order valence-corrected chi connectivity index (χ4v) is 2.14. The Morgan fingerprint density at radius 3 is 2.74 bits per heavy atom. The summed E-state index contributed by atoms with van der Waals surface area (Å²) < 4.78 is 4.75. The highest BCUT2D eigenvalue weighted by atomic mass is 16.5. The van der Waals surface area contributed by atoms with E-state index in [4.69, 9.17) is 4.74 Å². The molecule has 0 aliphatic heterocycles. The molecule has 0 saturated heterocycles. The first-order valence-electron chi connectivity index (χ1n) is 5.89. The number of H-pyrrole nitrogens is 1. The van der Waals surface area contributed by atoms with Crippen LogP contribution in [0, 0.1) is 0 Å². The third-order valence-corrected chi connectivity index (χ3v) is 3.09. The van der Waals surface area contributed by atoms with Crippen LogP contribution in [-0.4, -0.2) is 23.0 Å². The van der Waals surface area contributed by atoms with E-state index in [1.165, 1.54) is 7.11 Å². The van der Waals surface area contributed by atoms with Gasteiger partial charge < -0.3 is 9.72 Å². The minimum atomic E-state index is -0.330. The number of aromatic amines is 1. The molecule has 0 saturated carbocycles. The second-order valence-corrected chi connectivity index (χ2v) is 4.19. The first-order valence-corrected chi connectivity index (χ1v) is 5.89. The molecule has 1 N–H and O–H groups in total. The van der Waals surface area contributed by atoms with Gasteiger partial charge in [0.25, 0.3) is 0 Å². The van der Waals surface area contributed by atoms with Crippen molar-refractivity contribution in [2.45, 2.75) is 0 Å². The number of pyridine rings is 1. The molecule has 3 rings (SSSR count). The maximum atomic E-state index is 11.6. The first-order chi connectivity index (χ1) is 9.29. The lowest BCUT2D eigenvalue weighted by atomic mass is 10.0. The summed E-state index contributed by atoms with van der Waals surface area (Å²) in [5.41, 5.74) is 3.63. The van der Waals surface area contributed by atoms with Crippen LogP contribution in [0.2, 0.25) is 0 Å². The number of fused-ring (bicyclic) bond motifs is 1. The first kappa shape index (κ1) is 11.5. The molecule has 0 aliphatic carbocycles. The van der Waals surface area contributed by atoms with Gasteiger partial charge in [-0.15, -0.1) is 0 Å². The van der Waals surface area contributed by atoms with Crippen LogP contribution >= 0.6 is 0 Å². The van der Waals surface area contributed by atoms with Crippen molar-refractivity contribution >= 4 is 16.9 Å². The molecule has 0 bridgehead atoms. The summed E-state index contributed by atoms with van der Waals surface area (Å²) in [7, 11) is 1.38. The fourth-order valence-electron chi connectivity index (χ4n) is 2.14. The summed E-state index contributed by atoms with van der Waals surface area (Å²) in [5, 5.41) is 0.995. The van der Waals surface area contributed by atoms with Crippen LogP contribution in [0.1, 0.15) is 10.4 Å². The molecular weight excluding hydrogens is 240 g/mol. The van der Waals surface area contributed by atoms with Gasteiger partial charge in [-0.05, 0) is 35.9 Å². The zero-order valence-electron chi connectivity index (χ0n) is 10.4.